The number of aryl methyl sites for hydroxylation is 1. The smallest absolute Gasteiger partial charge is 0.337 e. The number of carboxylic acid groups (broad SMARTS) is 1. The van der Waals surface area contributed by atoms with Crippen LogP contribution in [-0.4, -0.2) is 11.1 Å². The molecule has 0 radical (unpaired) electrons. The molecule has 2 aromatic rings. The molecule has 0 bridgehead atoms. The standard InChI is InChI=1S/C15H16N2O2/c1-2-10-6-5-7-11(15(18)19)14(10)17-13-9-4-3-8-12(13)16/h3-9,17H,2,16H2,1H3,(H,18,19). The van der Waals surface area contributed by atoms with Crippen LogP contribution in [0.2, 0.25) is 0 Å². The van der Waals surface area contributed by atoms with E-state index in [0.29, 0.717) is 17.1 Å². The highest BCUT2D eigenvalue weighted by Crippen LogP contribution is 2.28. The summed E-state index contributed by atoms with van der Waals surface area (Å²) in [6, 6.07) is 12.5. The lowest BCUT2D eigenvalue weighted by Crippen LogP contribution is -2.06. The van der Waals surface area contributed by atoms with Crippen LogP contribution in [0, 0.1) is 0 Å². The number of anilines is 3. The third-order valence-electron chi connectivity index (χ3n) is 2.98. The molecule has 0 aliphatic rings. The number of hydrogen-bond acceptors (Lipinski definition) is 3. The summed E-state index contributed by atoms with van der Waals surface area (Å²) in [4.78, 5) is 11.3. The van der Waals surface area contributed by atoms with Gasteiger partial charge in [0.15, 0.2) is 0 Å². The van der Waals surface area contributed by atoms with Gasteiger partial charge in [0.1, 0.15) is 0 Å². The Labute approximate surface area is 111 Å². The first-order chi connectivity index (χ1) is 9.13. The SMILES string of the molecule is CCc1cccc(C(=O)O)c1Nc1ccccc1N. The number of nitrogens with one attached hydrogen (secondary N) is 1. The second-order valence-electron chi connectivity index (χ2n) is 4.21. The van der Waals surface area contributed by atoms with Crippen molar-refractivity contribution in [1.29, 1.82) is 0 Å². The predicted molar refractivity (Wildman–Crippen MR) is 76.9 cm³/mol. The van der Waals surface area contributed by atoms with Gasteiger partial charge in [-0.15, -0.1) is 0 Å². The number of carboxylic acids is 1. The van der Waals surface area contributed by atoms with Crippen LogP contribution in [-0.2, 0) is 6.42 Å². The number of para-hydroxylation sites is 3. The van der Waals surface area contributed by atoms with E-state index >= 15 is 0 Å². The van der Waals surface area contributed by atoms with Crippen molar-refractivity contribution in [2.75, 3.05) is 11.1 Å². The largest absolute Gasteiger partial charge is 0.478 e. The molecule has 4 nitrogen and oxygen atoms in total. The van der Waals surface area contributed by atoms with Crippen LogP contribution in [0.3, 0.4) is 0 Å². The van der Waals surface area contributed by atoms with Crippen molar-refractivity contribution in [1.82, 2.24) is 0 Å². The zero-order chi connectivity index (χ0) is 13.8. The van der Waals surface area contributed by atoms with Gasteiger partial charge in [-0.3, -0.25) is 0 Å². The number of benzene rings is 2. The summed E-state index contributed by atoms with van der Waals surface area (Å²) in [5, 5.41) is 12.4. The van der Waals surface area contributed by atoms with Gasteiger partial charge >= 0.3 is 5.97 Å². The molecule has 0 spiro atoms. The minimum Gasteiger partial charge on any atom is -0.478 e. The van der Waals surface area contributed by atoms with Crippen molar-refractivity contribution in [3.05, 3.63) is 53.6 Å². The van der Waals surface area contributed by atoms with Gasteiger partial charge in [-0.25, -0.2) is 4.79 Å². The Morgan fingerprint density at radius 1 is 1.21 bits per heavy atom. The van der Waals surface area contributed by atoms with E-state index in [2.05, 4.69) is 5.32 Å². The Hall–Kier alpha value is -2.49. The van der Waals surface area contributed by atoms with E-state index in [1.165, 1.54) is 0 Å². The van der Waals surface area contributed by atoms with E-state index < -0.39 is 5.97 Å². The molecule has 0 atom stereocenters. The van der Waals surface area contributed by atoms with Crippen molar-refractivity contribution >= 4 is 23.0 Å². The minimum atomic E-state index is -0.952. The van der Waals surface area contributed by atoms with Gasteiger partial charge in [0.2, 0.25) is 0 Å². The lowest BCUT2D eigenvalue weighted by atomic mass is 10.0. The molecule has 0 aliphatic carbocycles. The highest BCUT2D eigenvalue weighted by Gasteiger charge is 2.13. The summed E-state index contributed by atoms with van der Waals surface area (Å²) in [6.45, 7) is 1.99. The number of nitrogens with two attached hydrogens (primary N) is 1. The Balaban J connectivity index is 2.49. The topological polar surface area (TPSA) is 75.3 Å². The Kier molecular flexibility index (Phi) is 3.71. The molecule has 0 fully saturated rings. The molecule has 0 saturated heterocycles. The molecule has 0 heterocycles. The fourth-order valence-electron chi connectivity index (χ4n) is 1.97. The average molecular weight is 256 g/mol. The van der Waals surface area contributed by atoms with Crippen molar-refractivity contribution in [2.45, 2.75) is 13.3 Å². The lowest BCUT2D eigenvalue weighted by Gasteiger charge is -2.15. The Bertz CT molecular complexity index is 609. The van der Waals surface area contributed by atoms with E-state index in [4.69, 9.17) is 5.73 Å². The highest BCUT2D eigenvalue weighted by molar-refractivity contribution is 5.96. The van der Waals surface area contributed by atoms with Crippen molar-refractivity contribution in [3.8, 4) is 0 Å². The fraction of sp³-hybridized carbons (Fsp3) is 0.133. The van der Waals surface area contributed by atoms with E-state index in [-0.39, 0.29) is 5.56 Å². The van der Waals surface area contributed by atoms with Gasteiger partial charge in [0.05, 0.1) is 22.6 Å². The van der Waals surface area contributed by atoms with Crippen LogP contribution < -0.4 is 11.1 Å². The second-order valence-corrected chi connectivity index (χ2v) is 4.21. The Morgan fingerprint density at radius 3 is 2.58 bits per heavy atom. The van der Waals surface area contributed by atoms with Crippen molar-refractivity contribution < 1.29 is 9.90 Å². The molecule has 4 heteroatoms. The number of aromatic carboxylic acids is 1. The molecule has 98 valence electrons. The van der Waals surface area contributed by atoms with E-state index in [1.807, 2.05) is 31.2 Å². The van der Waals surface area contributed by atoms with Crippen LogP contribution in [0.5, 0.6) is 0 Å². The maximum atomic E-state index is 11.3. The van der Waals surface area contributed by atoms with Gasteiger partial charge in [0, 0.05) is 0 Å². The third kappa shape index (κ3) is 2.68. The van der Waals surface area contributed by atoms with Gasteiger partial charge in [-0.1, -0.05) is 31.2 Å². The Morgan fingerprint density at radius 2 is 1.95 bits per heavy atom. The zero-order valence-corrected chi connectivity index (χ0v) is 10.7. The van der Waals surface area contributed by atoms with Crippen molar-refractivity contribution in [3.63, 3.8) is 0 Å². The van der Waals surface area contributed by atoms with E-state index in [0.717, 1.165) is 12.0 Å². The van der Waals surface area contributed by atoms with Crippen LogP contribution >= 0.6 is 0 Å². The third-order valence-corrected chi connectivity index (χ3v) is 2.98. The molecule has 0 aliphatic heterocycles. The van der Waals surface area contributed by atoms with Crippen LogP contribution in [0.4, 0.5) is 17.1 Å². The number of nitrogen functional groups attached to an aromatic ring is 1. The molecule has 0 amide bonds. The summed E-state index contributed by atoms with van der Waals surface area (Å²) in [6.07, 6.45) is 0.746. The first-order valence-corrected chi connectivity index (χ1v) is 6.10. The molecule has 0 unspecified atom stereocenters. The second kappa shape index (κ2) is 5.44. The highest BCUT2D eigenvalue weighted by atomic mass is 16.4. The molecule has 2 rings (SSSR count). The van der Waals surface area contributed by atoms with Crippen LogP contribution in [0.1, 0.15) is 22.8 Å². The van der Waals surface area contributed by atoms with Crippen molar-refractivity contribution in [2.24, 2.45) is 0 Å². The molecule has 4 N–H and O–H groups in total. The summed E-state index contributed by atoms with van der Waals surface area (Å²) >= 11 is 0. The maximum Gasteiger partial charge on any atom is 0.337 e. The molecule has 19 heavy (non-hydrogen) atoms. The van der Waals surface area contributed by atoms with Gasteiger partial charge in [-0.2, -0.15) is 0 Å². The molecule has 2 aromatic carbocycles. The summed E-state index contributed by atoms with van der Waals surface area (Å²) in [5.41, 5.74) is 8.98. The molecular formula is C15H16N2O2. The summed E-state index contributed by atoms with van der Waals surface area (Å²) in [5.74, 6) is -0.952. The average Bonchev–Trinajstić information content (AvgIpc) is 2.41. The predicted octanol–water partition coefficient (Wildman–Crippen LogP) is 3.27. The molecular weight excluding hydrogens is 240 g/mol. The van der Waals surface area contributed by atoms with Gasteiger partial charge in [-0.05, 0) is 30.2 Å². The van der Waals surface area contributed by atoms with E-state index in [1.54, 1.807) is 18.2 Å². The van der Waals surface area contributed by atoms with Gasteiger partial charge in [0.25, 0.3) is 0 Å². The molecule has 0 aromatic heterocycles. The first kappa shape index (κ1) is 13.0. The monoisotopic (exact) mass is 256 g/mol. The number of carbonyl (C=O) groups is 1. The normalized spacial score (nSPS) is 10.2. The first-order valence-electron chi connectivity index (χ1n) is 6.10. The zero-order valence-electron chi connectivity index (χ0n) is 10.7. The van der Waals surface area contributed by atoms with E-state index in [9.17, 15) is 9.90 Å². The summed E-state index contributed by atoms with van der Waals surface area (Å²) in [7, 11) is 0. The lowest BCUT2D eigenvalue weighted by molar-refractivity contribution is 0.0698. The molecule has 0 saturated carbocycles. The summed E-state index contributed by atoms with van der Waals surface area (Å²) < 4.78 is 0. The maximum absolute atomic E-state index is 11.3. The quantitative estimate of drug-likeness (QED) is 0.734. The van der Waals surface area contributed by atoms with Crippen LogP contribution in [0.15, 0.2) is 42.5 Å². The number of rotatable bonds is 4. The van der Waals surface area contributed by atoms with Gasteiger partial charge < -0.3 is 16.2 Å². The number of hydrogen-bond donors (Lipinski definition) is 3. The van der Waals surface area contributed by atoms with Crippen LogP contribution in [0.25, 0.3) is 0 Å². The fourth-order valence-corrected chi connectivity index (χ4v) is 1.97. The minimum absolute atomic E-state index is 0.252.